The first kappa shape index (κ1) is 16.1. The largest absolute Gasteiger partial charge is 0.354 e. The Morgan fingerprint density at radius 2 is 1.91 bits per heavy atom. The number of thioether (sulfide) groups is 1. The lowest BCUT2D eigenvalue weighted by atomic mass is 10.1. The molecule has 0 saturated heterocycles. The van der Waals surface area contributed by atoms with E-state index in [-0.39, 0.29) is 6.54 Å². The number of aryl methyl sites for hydroxylation is 1. The summed E-state index contributed by atoms with van der Waals surface area (Å²) in [6.07, 6.45) is 5.22. The van der Waals surface area contributed by atoms with Crippen LogP contribution < -0.4 is 11.4 Å². The van der Waals surface area contributed by atoms with Gasteiger partial charge in [-0.15, -0.1) is 6.42 Å². The maximum atomic E-state index is 12.5. The van der Waals surface area contributed by atoms with Crippen molar-refractivity contribution < 1.29 is 0 Å². The quantitative estimate of drug-likeness (QED) is 0.620. The van der Waals surface area contributed by atoms with Crippen LogP contribution in [-0.4, -0.2) is 19.9 Å². The van der Waals surface area contributed by atoms with Gasteiger partial charge in [0, 0.05) is 0 Å². The molecule has 2 rings (SSSR count). The SMILES string of the molecule is C#CCn1c(=O)nc(SCC)n(Cc2ccc(C)cc2)c1=O. The first-order chi connectivity index (χ1) is 10.6. The van der Waals surface area contributed by atoms with Gasteiger partial charge in [0.05, 0.1) is 13.1 Å². The topological polar surface area (TPSA) is 56.9 Å². The first-order valence-corrected chi connectivity index (χ1v) is 7.88. The van der Waals surface area contributed by atoms with E-state index < -0.39 is 11.4 Å². The molecule has 0 aliphatic rings. The van der Waals surface area contributed by atoms with Crippen molar-refractivity contribution in [1.29, 1.82) is 0 Å². The van der Waals surface area contributed by atoms with Crippen LogP contribution in [-0.2, 0) is 13.1 Å². The van der Waals surface area contributed by atoms with Crippen molar-refractivity contribution in [3.8, 4) is 12.3 Å². The van der Waals surface area contributed by atoms with Crippen LogP contribution >= 0.6 is 11.8 Å². The standard InChI is InChI=1S/C16H17N3O2S/c1-4-10-18-14(20)17-15(22-5-2)19(16(18)21)11-13-8-6-12(3)7-9-13/h1,6-9H,5,10-11H2,2-3H3. The second-order valence-electron chi connectivity index (χ2n) is 4.75. The molecule has 2 aromatic rings. The summed E-state index contributed by atoms with van der Waals surface area (Å²) in [4.78, 5) is 28.4. The van der Waals surface area contributed by atoms with E-state index >= 15 is 0 Å². The van der Waals surface area contributed by atoms with Gasteiger partial charge in [-0.1, -0.05) is 54.4 Å². The Hall–Kier alpha value is -2.26. The average molecular weight is 315 g/mol. The number of aromatic nitrogens is 3. The van der Waals surface area contributed by atoms with Crippen molar-refractivity contribution in [2.75, 3.05) is 5.75 Å². The Morgan fingerprint density at radius 3 is 2.50 bits per heavy atom. The van der Waals surface area contributed by atoms with Crippen LogP contribution in [0.25, 0.3) is 0 Å². The number of nitrogens with zero attached hydrogens (tertiary/aromatic N) is 3. The van der Waals surface area contributed by atoms with Crippen molar-refractivity contribution >= 4 is 11.8 Å². The third kappa shape index (κ3) is 3.49. The van der Waals surface area contributed by atoms with Crippen molar-refractivity contribution in [3.63, 3.8) is 0 Å². The highest BCUT2D eigenvalue weighted by Crippen LogP contribution is 2.13. The van der Waals surface area contributed by atoms with Crippen LogP contribution in [0.15, 0.2) is 39.0 Å². The molecule has 0 N–H and O–H groups in total. The summed E-state index contributed by atoms with van der Waals surface area (Å²) in [6, 6.07) is 7.88. The number of terminal acetylenes is 1. The van der Waals surface area contributed by atoms with Crippen LogP contribution in [0.4, 0.5) is 0 Å². The number of hydrogen-bond acceptors (Lipinski definition) is 4. The minimum Gasteiger partial charge on any atom is -0.268 e. The molecule has 0 fully saturated rings. The van der Waals surface area contributed by atoms with Crippen LogP contribution in [0.2, 0.25) is 0 Å². The molecule has 0 aliphatic heterocycles. The lowest BCUT2D eigenvalue weighted by molar-refractivity contribution is 0.534. The van der Waals surface area contributed by atoms with E-state index in [0.29, 0.717) is 11.7 Å². The Kier molecular flexibility index (Phi) is 5.23. The molecule has 0 aliphatic carbocycles. The van der Waals surface area contributed by atoms with Crippen LogP contribution in [0, 0.1) is 19.3 Å². The highest BCUT2D eigenvalue weighted by atomic mass is 32.2. The molecule has 1 aromatic carbocycles. The van der Waals surface area contributed by atoms with Gasteiger partial charge in [0.1, 0.15) is 0 Å². The van der Waals surface area contributed by atoms with E-state index in [4.69, 9.17) is 6.42 Å². The molecule has 0 bridgehead atoms. The monoisotopic (exact) mass is 315 g/mol. The maximum absolute atomic E-state index is 12.5. The zero-order valence-corrected chi connectivity index (χ0v) is 13.4. The predicted octanol–water partition coefficient (Wildman–Crippen LogP) is 1.51. The maximum Gasteiger partial charge on any atom is 0.354 e. The number of benzene rings is 1. The highest BCUT2D eigenvalue weighted by Gasteiger charge is 2.13. The van der Waals surface area contributed by atoms with Gasteiger partial charge >= 0.3 is 11.4 Å². The zero-order valence-electron chi connectivity index (χ0n) is 12.6. The lowest BCUT2D eigenvalue weighted by Crippen LogP contribution is -2.42. The number of rotatable bonds is 5. The first-order valence-electron chi connectivity index (χ1n) is 6.90. The molecule has 1 heterocycles. The molecular formula is C16H17N3O2S. The lowest BCUT2D eigenvalue weighted by Gasteiger charge is -2.12. The van der Waals surface area contributed by atoms with Crippen LogP contribution in [0.1, 0.15) is 18.1 Å². The van der Waals surface area contributed by atoms with E-state index in [1.807, 2.05) is 38.1 Å². The molecule has 0 unspecified atom stereocenters. The molecule has 22 heavy (non-hydrogen) atoms. The zero-order chi connectivity index (χ0) is 16.1. The van der Waals surface area contributed by atoms with Crippen LogP contribution in [0.5, 0.6) is 0 Å². The summed E-state index contributed by atoms with van der Waals surface area (Å²) >= 11 is 1.37. The van der Waals surface area contributed by atoms with Gasteiger partial charge in [0.2, 0.25) is 0 Å². The van der Waals surface area contributed by atoms with E-state index in [9.17, 15) is 9.59 Å². The number of hydrogen-bond donors (Lipinski definition) is 0. The average Bonchev–Trinajstić information content (AvgIpc) is 2.50. The molecule has 114 valence electrons. The molecule has 0 radical (unpaired) electrons. The summed E-state index contributed by atoms with van der Waals surface area (Å²) in [6.45, 7) is 4.23. The second-order valence-corrected chi connectivity index (χ2v) is 5.99. The van der Waals surface area contributed by atoms with Crippen molar-refractivity contribution in [3.05, 3.63) is 56.4 Å². The van der Waals surface area contributed by atoms with E-state index in [0.717, 1.165) is 21.4 Å². The predicted molar refractivity (Wildman–Crippen MR) is 88.3 cm³/mol. The summed E-state index contributed by atoms with van der Waals surface area (Å²) in [5.74, 6) is 3.04. The van der Waals surface area contributed by atoms with E-state index in [2.05, 4.69) is 10.9 Å². The van der Waals surface area contributed by atoms with Gasteiger partial charge in [0.15, 0.2) is 5.16 Å². The van der Waals surface area contributed by atoms with Gasteiger partial charge in [-0.05, 0) is 18.2 Å². The second kappa shape index (κ2) is 7.14. The van der Waals surface area contributed by atoms with E-state index in [1.54, 1.807) is 0 Å². The third-order valence-electron chi connectivity index (χ3n) is 3.10. The van der Waals surface area contributed by atoms with Crippen molar-refractivity contribution in [2.45, 2.75) is 32.1 Å². The molecule has 6 heteroatoms. The molecule has 0 spiro atoms. The van der Waals surface area contributed by atoms with E-state index in [1.165, 1.54) is 16.3 Å². The molecule has 0 amide bonds. The Balaban J connectivity index is 2.54. The Bertz CT molecular complexity index is 813. The summed E-state index contributed by atoms with van der Waals surface area (Å²) < 4.78 is 2.48. The Morgan fingerprint density at radius 1 is 1.23 bits per heavy atom. The van der Waals surface area contributed by atoms with Gasteiger partial charge in [-0.25, -0.2) is 14.2 Å². The van der Waals surface area contributed by atoms with Gasteiger partial charge in [0.25, 0.3) is 0 Å². The van der Waals surface area contributed by atoms with Gasteiger partial charge < -0.3 is 0 Å². The molecule has 5 nitrogen and oxygen atoms in total. The van der Waals surface area contributed by atoms with Gasteiger partial charge in [-0.2, -0.15) is 4.98 Å². The molecule has 0 atom stereocenters. The molecule has 1 aromatic heterocycles. The third-order valence-corrected chi connectivity index (χ3v) is 3.96. The fourth-order valence-corrected chi connectivity index (χ4v) is 2.69. The van der Waals surface area contributed by atoms with Crippen LogP contribution in [0.3, 0.4) is 0 Å². The summed E-state index contributed by atoms with van der Waals surface area (Å²) in [5, 5.41) is 0.423. The molecular weight excluding hydrogens is 298 g/mol. The van der Waals surface area contributed by atoms with Crippen molar-refractivity contribution in [2.24, 2.45) is 0 Å². The van der Waals surface area contributed by atoms with Gasteiger partial charge in [-0.3, -0.25) is 4.57 Å². The fourth-order valence-electron chi connectivity index (χ4n) is 1.99. The summed E-state index contributed by atoms with van der Waals surface area (Å²) in [7, 11) is 0. The summed E-state index contributed by atoms with van der Waals surface area (Å²) in [5.41, 5.74) is 1.10. The molecule has 0 saturated carbocycles. The fraction of sp³-hybridized carbons (Fsp3) is 0.312. The minimum absolute atomic E-state index is 0.0738. The highest BCUT2D eigenvalue weighted by molar-refractivity contribution is 7.99. The normalized spacial score (nSPS) is 10.4. The Labute approximate surface area is 133 Å². The van der Waals surface area contributed by atoms with Crippen molar-refractivity contribution in [1.82, 2.24) is 14.1 Å². The minimum atomic E-state index is -0.598. The smallest absolute Gasteiger partial charge is 0.268 e.